The molecule has 0 aromatic heterocycles. The second-order valence-corrected chi connectivity index (χ2v) is 7.54. The first-order chi connectivity index (χ1) is 13.6. The lowest BCUT2D eigenvalue weighted by Crippen LogP contribution is -2.40. The molecule has 4 nitrogen and oxygen atoms in total. The SMILES string of the molecule is COc1cccc(C(=O)N(C)CC2CCN(CCc3ccccc3F)CC2)c1. The molecule has 3 rings (SSSR count). The molecule has 0 aliphatic carbocycles. The Morgan fingerprint density at radius 2 is 1.93 bits per heavy atom. The minimum absolute atomic E-state index is 0.0286. The zero-order valence-corrected chi connectivity index (χ0v) is 16.7. The van der Waals surface area contributed by atoms with E-state index in [9.17, 15) is 9.18 Å². The summed E-state index contributed by atoms with van der Waals surface area (Å²) in [6.45, 7) is 3.64. The molecule has 1 saturated heterocycles. The van der Waals surface area contributed by atoms with Crippen molar-refractivity contribution in [2.24, 2.45) is 5.92 Å². The smallest absolute Gasteiger partial charge is 0.253 e. The van der Waals surface area contributed by atoms with Gasteiger partial charge in [-0.25, -0.2) is 4.39 Å². The molecule has 2 aromatic carbocycles. The van der Waals surface area contributed by atoms with Crippen molar-refractivity contribution in [3.8, 4) is 5.75 Å². The number of hydrogen-bond donors (Lipinski definition) is 0. The van der Waals surface area contributed by atoms with Crippen molar-refractivity contribution < 1.29 is 13.9 Å². The average Bonchev–Trinajstić information content (AvgIpc) is 2.73. The molecular formula is C23H29FN2O2. The highest BCUT2D eigenvalue weighted by atomic mass is 19.1. The Kier molecular flexibility index (Phi) is 7.04. The van der Waals surface area contributed by atoms with Crippen molar-refractivity contribution in [3.05, 3.63) is 65.5 Å². The summed E-state index contributed by atoms with van der Waals surface area (Å²) in [5, 5.41) is 0. The van der Waals surface area contributed by atoms with Crippen LogP contribution in [0.4, 0.5) is 4.39 Å². The molecule has 1 aliphatic rings. The molecular weight excluding hydrogens is 355 g/mol. The van der Waals surface area contributed by atoms with Crippen molar-refractivity contribution in [1.82, 2.24) is 9.80 Å². The molecule has 5 heteroatoms. The number of carbonyl (C=O) groups excluding carboxylic acids is 1. The van der Waals surface area contributed by atoms with Gasteiger partial charge in [-0.15, -0.1) is 0 Å². The zero-order valence-electron chi connectivity index (χ0n) is 16.7. The monoisotopic (exact) mass is 384 g/mol. The molecule has 28 heavy (non-hydrogen) atoms. The molecule has 1 amide bonds. The fourth-order valence-corrected chi connectivity index (χ4v) is 3.82. The number of amides is 1. The van der Waals surface area contributed by atoms with Crippen LogP contribution in [-0.4, -0.2) is 56.0 Å². The minimum Gasteiger partial charge on any atom is -0.497 e. The average molecular weight is 384 g/mol. The molecule has 0 N–H and O–H groups in total. The second-order valence-electron chi connectivity index (χ2n) is 7.54. The quantitative estimate of drug-likeness (QED) is 0.727. The molecule has 0 bridgehead atoms. The molecule has 1 aliphatic heterocycles. The first-order valence-electron chi connectivity index (χ1n) is 9.92. The van der Waals surface area contributed by atoms with Crippen LogP contribution >= 0.6 is 0 Å². The summed E-state index contributed by atoms with van der Waals surface area (Å²) in [7, 11) is 3.47. The van der Waals surface area contributed by atoms with Crippen molar-refractivity contribution in [1.29, 1.82) is 0 Å². The molecule has 0 atom stereocenters. The predicted molar refractivity (Wildman–Crippen MR) is 109 cm³/mol. The maximum Gasteiger partial charge on any atom is 0.253 e. The summed E-state index contributed by atoms with van der Waals surface area (Å²) in [6.07, 6.45) is 2.87. The lowest BCUT2D eigenvalue weighted by molar-refractivity contribution is 0.0740. The van der Waals surface area contributed by atoms with Crippen LogP contribution in [0, 0.1) is 11.7 Å². The molecule has 1 fully saturated rings. The third-order valence-electron chi connectivity index (χ3n) is 5.56. The number of halogens is 1. The Labute approximate surface area is 166 Å². The van der Waals surface area contributed by atoms with Crippen LogP contribution in [0.25, 0.3) is 0 Å². The number of hydrogen-bond acceptors (Lipinski definition) is 3. The summed E-state index contributed by atoms with van der Waals surface area (Å²) in [5.41, 5.74) is 1.44. The van der Waals surface area contributed by atoms with Gasteiger partial charge < -0.3 is 14.5 Å². The van der Waals surface area contributed by atoms with E-state index in [4.69, 9.17) is 4.74 Å². The van der Waals surface area contributed by atoms with Gasteiger partial charge >= 0.3 is 0 Å². The van der Waals surface area contributed by atoms with Gasteiger partial charge in [0, 0.05) is 25.7 Å². The standard InChI is InChI=1S/C23H29FN2O2/c1-25(23(27)20-7-5-8-21(16-20)28-2)17-18-10-13-26(14-11-18)15-12-19-6-3-4-9-22(19)24/h3-9,16,18H,10-15,17H2,1-2H3. The van der Waals surface area contributed by atoms with E-state index in [1.807, 2.05) is 42.3 Å². The molecule has 150 valence electrons. The van der Waals surface area contributed by atoms with Gasteiger partial charge in [-0.05, 0) is 68.1 Å². The number of methoxy groups -OCH3 is 1. The molecule has 0 radical (unpaired) electrons. The van der Waals surface area contributed by atoms with Crippen LogP contribution in [0.3, 0.4) is 0 Å². The van der Waals surface area contributed by atoms with Crippen LogP contribution in [0.2, 0.25) is 0 Å². The second kappa shape index (κ2) is 9.69. The summed E-state index contributed by atoms with van der Waals surface area (Å²) in [5.74, 6) is 1.11. The Hall–Kier alpha value is -2.40. The first-order valence-corrected chi connectivity index (χ1v) is 9.92. The Bertz CT molecular complexity index is 788. The van der Waals surface area contributed by atoms with E-state index in [1.54, 1.807) is 19.2 Å². The van der Waals surface area contributed by atoms with E-state index < -0.39 is 0 Å². The summed E-state index contributed by atoms with van der Waals surface area (Å²) in [4.78, 5) is 16.9. The predicted octanol–water partition coefficient (Wildman–Crippen LogP) is 3.86. The number of ether oxygens (including phenoxy) is 1. The van der Waals surface area contributed by atoms with E-state index in [0.29, 0.717) is 17.2 Å². The number of nitrogens with zero attached hydrogens (tertiary/aromatic N) is 2. The number of piperidine rings is 1. The maximum atomic E-state index is 13.7. The Morgan fingerprint density at radius 1 is 1.18 bits per heavy atom. The van der Waals surface area contributed by atoms with Gasteiger partial charge in [0.05, 0.1) is 7.11 Å². The number of likely N-dealkylation sites (tertiary alicyclic amines) is 1. The van der Waals surface area contributed by atoms with E-state index in [-0.39, 0.29) is 11.7 Å². The van der Waals surface area contributed by atoms with E-state index in [2.05, 4.69) is 4.90 Å². The third-order valence-corrected chi connectivity index (χ3v) is 5.56. The van der Waals surface area contributed by atoms with Gasteiger partial charge in [0.25, 0.3) is 5.91 Å². The van der Waals surface area contributed by atoms with Crippen LogP contribution in [0.1, 0.15) is 28.8 Å². The highest BCUT2D eigenvalue weighted by molar-refractivity contribution is 5.94. The number of rotatable bonds is 7. The van der Waals surface area contributed by atoms with Gasteiger partial charge in [-0.3, -0.25) is 4.79 Å². The molecule has 0 saturated carbocycles. The topological polar surface area (TPSA) is 32.8 Å². The summed E-state index contributed by atoms with van der Waals surface area (Å²) in [6, 6.07) is 14.3. The molecule has 0 unspecified atom stereocenters. The van der Waals surface area contributed by atoms with Gasteiger partial charge in [0.1, 0.15) is 11.6 Å². The van der Waals surface area contributed by atoms with E-state index in [1.165, 1.54) is 6.07 Å². The normalized spacial score (nSPS) is 15.4. The van der Waals surface area contributed by atoms with Crippen molar-refractivity contribution in [2.45, 2.75) is 19.3 Å². The van der Waals surface area contributed by atoms with Crippen LogP contribution in [0.15, 0.2) is 48.5 Å². The maximum absolute atomic E-state index is 13.7. The zero-order chi connectivity index (χ0) is 19.9. The number of benzene rings is 2. The van der Waals surface area contributed by atoms with Crippen LogP contribution < -0.4 is 4.74 Å². The third kappa shape index (κ3) is 5.32. The highest BCUT2D eigenvalue weighted by Gasteiger charge is 2.22. The van der Waals surface area contributed by atoms with E-state index >= 15 is 0 Å². The van der Waals surface area contributed by atoms with Crippen LogP contribution in [-0.2, 0) is 6.42 Å². The minimum atomic E-state index is -0.116. The van der Waals surface area contributed by atoms with Crippen molar-refractivity contribution >= 4 is 5.91 Å². The van der Waals surface area contributed by atoms with Crippen molar-refractivity contribution in [3.63, 3.8) is 0 Å². The first kappa shape index (κ1) is 20.3. The van der Waals surface area contributed by atoms with Gasteiger partial charge in [-0.2, -0.15) is 0 Å². The van der Waals surface area contributed by atoms with Gasteiger partial charge in [0.2, 0.25) is 0 Å². The van der Waals surface area contributed by atoms with Crippen LogP contribution in [0.5, 0.6) is 5.75 Å². The van der Waals surface area contributed by atoms with Crippen molar-refractivity contribution in [2.75, 3.05) is 40.3 Å². The Morgan fingerprint density at radius 3 is 2.64 bits per heavy atom. The van der Waals surface area contributed by atoms with Gasteiger partial charge in [-0.1, -0.05) is 24.3 Å². The molecule has 1 heterocycles. The fourth-order valence-electron chi connectivity index (χ4n) is 3.82. The van der Waals surface area contributed by atoms with E-state index in [0.717, 1.165) is 51.0 Å². The summed E-state index contributed by atoms with van der Waals surface area (Å²) < 4.78 is 19.0. The lowest BCUT2D eigenvalue weighted by Gasteiger charge is -2.34. The largest absolute Gasteiger partial charge is 0.497 e. The highest BCUT2D eigenvalue weighted by Crippen LogP contribution is 2.20. The fraction of sp³-hybridized carbons (Fsp3) is 0.435. The molecule has 2 aromatic rings. The number of carbonyl (C=O) groups is 1. The van der Waals surface area contributed by atoms with Gasteiger partial charge in [0.15, 0.2) is 0 Å². The molecule has 0 spiro atoms. The Balaban J connectivity index is 1.44. The summed E-state index contributed by atoms with van der Waals surface area (Å²) >= 11 is 0. The lowest BCUT2D eigenvalue weighted by atomic mass is 9.95.